The molecule has 0 saturated heterocycles. The molecule has 0 bridgehead atoms. The molecule has 0 spiro atoms. The average molecular weight is 463 g/mol. The molecular weight excluding hydrogens is 420 g/mol. The predicted octanol–water partition coefficient (Wildman–Crippen LogP) is -0.589. The Morgan fingerprint density at radius 1 is 1.00 bits per heavy atom. The van der Waals surface area contributed by atoms with Crippen LogP contribution in [-0.2, 0) is 18.9 Å². The number of hydrogen-bond donors (Lipinski definition) is 5. The second-order valence-corrected chi connectivity index (χ2v) is 10.2. The zero-order valence-corrected chi connectivity index (χ0v) is 20.0. The zero-order valence-electron chi connectivity index (χ0n) is 20.0. The summed E-state index contributed by atoms with van der Waals surface area (Å²) >= 11 is 0. The quantitative estimate of drug-likeness (QED) is 0.336. The van der Waals surface area contributed by atoms with Crippen molar-refractivity contribution in [2.75, 3.05) is 35.0 Å². The first-order chi connectivity index (χ1) is 15.1. The number of aliphatic hydroxyl groups is 5. The Labute approximate surface area is 190 Å². The van der Waals surface area contributed by atoms with Gasteiger partial charge in [0.15, 0.2) is 0 Å². The van der Waals surface area contributed by atoms with Gasteiger partial charge in [-0.1, -0.05) is 6.92 Å². The minimum absolute atomic E-state index is 0.124. The summed E-state index contributed by atoms with van der Waals surface area (Å²) in [5.41, 5.74) is -1.74. The van der Waals surface area contributed by atoms with Crippen molar-refractivity contribution in [3.63, 3.8) is 0 Å². The zero-order chi connectivity index (χ0) is 24.0. The third-order valence-corrected chi connectivity index (χ3v) is 8.71. The fourth-order valence-corrected chi connectivity index (χ4v) is 7.46. The van der Waals surface area contributed by atoms with Gasteiger partial charge in [0.2, 0.25) is 0 Å². The second kappa shape index (κ2) is 10.1. The Bertz CT molecular complexity index is 618. The molecule has 3 aliphatic rings. The fraction of sp³-hybridized carbons (Fsp3) is 1.00. The number of hydrogen-bond acceptors (Lipinski definition) is 9. The van der Waals surface area contributed by atoms with E-state index in [0.717, 1.165) is 0 Å². The summed E-state index contributed by atoms with van der Waals surface area (Å²) in [6, 6.07) is 0. The van der Waals surface area contributed by atoms with Gasteiger partial charge in [-0.2, -0.15) is 0 Å². The molecule has 1 unspecified atom stereocenters. The number of rotatable bonds is 7. The summed E-state index contributed by atoms with van der Waals surface area (Å²) in [5, 5.41) is 55.7. The fourth-order valence-electron chi connectivity index (χ4n) is 7.46. The van der Waals surface area contributed by atoms with Crippen molar-refractivity contribution in [2.45, 2.75) is 75.0 Å². The number of methoxy groups -OCH3 is 4. The molecule has 0 heterocycles. The third-order valence-electron chi connectivity index (χ3n) is 8.71. The van der Waals surface area contributed by atoms with E-state index in [1.165, 1.54) is 14.0 Å². The van der Waals surface area contributed by atoms with Crippen LogP contribution in [0.5, 0.6) is 0 Å². The van der Waals surface area contributed by atoms with Crippen molar-refractivity contribution in [3.8, 4) is 0 Å². The normalized spacial score (nSPS) is 50.9. The van der Waals surface area contributed by atoms with Crippen LogP contribution in [-0.4, -0.2) is 109 Å². The lowest BCUT2D eigenvalue weighted by Gasteiger charge is -2.50. The molecule has 14 atom stereocenters. The first-order valence-corrected chi connectivity index (χ1v) is 11.6. The van der Waals surface area contributed by atoms with Crippen LogP contribution in [0.3, 0.4) is 0 Å². The monoisotopic (exact) mass is 462 g/mol. The Morgan fingerprint density at radius 3 is 2.16 bits per heavy atom. The molecule has 0 aliphatic heterocycles. The highest BCUT2D eigenvalue weighted by Crippen LogP contribution is 2.58. The van der Waals surface area contributed by atoms with E-state index in [1.54, 1.807) is 21.3 Å². The third kappa shape index (κ3) is 4.03. The van der Waals surface area contributed by atoms with E-state index in [2.05, 4.69) is 0 Å². The van der Waals surface area contributed by atoms with Crippen LogP contribution in [0.1, 0.15) is 26.7 Å². The van der Waals surface area contributed by atoms with E-state index in [1.807, 2.05) is 6.92 Å². The van der Waals surface area contributed by atoms with E-state index in [9.17, 15) is 25.5 Å². The summed E-state index contributed by atoms with van der Waals surface area (Å²) in [5.74, 6) is -2.09. The van der Waals surface area contributed by atoms with E-state index < -0.39 is 48.1 Å². The van der Waals surface area contributed by atoms with Crippen molar-refractivity contribution in [2.24, 2.45) is 35.5 Å². The van der Waals surface area contributed by atoms with Crippen LogP contribution in [0.15, 0.2) is 0 Å². The van der Waals surface area contributed by atoms with E-state index >= 15 is 0 Å². The number of fused-ring (bicyclic) bond motifs is 3. The molecule has 3 aliphatic carbocycles. The SMILES string of the molecule is COC[C@@H]1[C@@H]2C([C@@H](OC)C[C@H]1O)[C@@H]1C[C@](O)([C@@H](OC)[C@@H](C)O)[C@H](O)[C@@H]1[C@@H](O)[C@H](C)[C@@H]2OC. The molecule has 188 valence electrons. The Morgan fingerprint density at radius 2 is 1.66 bits per heavy atom. The maximum absolute atomic E-state index is 11.6. The summed E-state index contributed by atoms with van der Waals surface area (Å²) in [7, 11) is 6.17. The van der Waals surface area contributed by atoms with Crippen LogP contribution in [0, 0.1) is 35.5 Å². The Kier molecular flexibility index (Phi) is 8.28. The minimum atomic E-state index is -1.74. The van der Waals surface area contributed by atoms with Gasteiger partial charge >= 0.3 is 0 Å². The van der Waals surface area contributed by atoms with Crippen molar-refractivity contribution >= 4 is 0 Å². The molecule has 3 rings (SSSR count). The van der Waals surface area contributed by atoms with Gasteiger partial charge in [-0.3, -0.25) is 0 Å². The van der Waals surface area contributed by atoms with Crippen LogP contribution < -0.4 is 0 Å². The first-order valence-electron chi connectivity index (χ1n) is 11.6. The molecule has 32 heavy (non-hydrogen) atoms. The van der Waals surface area contributed by atoms with Gasteiger partial charge in [0.25, 0.3) is 0 Å². The number of aliphatic hydroxyl groups excluding tert-OH is 4. The maximum atomic E-state index is 11.6. The molecule has 9 nitrogen and oxygen atoms in total. The number of ether oxygens (including phenoxy) is 4. The summed E-state index contributed by atoms with van der Waals surface area (Å²) in [6.45, 7) is 3.71. The van der Waals surface area contributed by atoms with Crippen molar-refractivity contribution in [3.05, 3.63) is 0 Å². The Hall–Kier alpha value is -0.360. The summed E-state index contributed by atoms with van der Waals surface area (Å²) in [4.78, 5) is 0. The van der Waals surface area contributed by atoms with Gasteiger partial charge in [0, 0.05) is 52.6 Å². The highest BCUT2D eigenvalue weighted by molar-refractivity contribution is 5.16. The molecule has 0 aromatic rings. The van der Waals surface area contributed by atoms with Gasteiger partial charge in [0.05, 0.1) is 43.2 Å². The van der Waals surface area contributed by atoms with Gasteiger partial charge in [-0.15, -0.1) is 0 Å². The van der Waals surface area contributed by atoms with Crippen molar-refractivity contribution < 1.29 is 44.5 Å². The second-order valence-electron chi connectivity index (χ2n) is 10.2. The van der Waals surface area contributed by atoms with Crippen LogP contribution >= 0.6 is 0 Å². The Balaban J connectivity index is 2.14. The highest BCUT2D eigenvalue weighted by Gasteiger charge is 2.66. The van der Waals surface area contributed by atoms with Gasteiger partial charge in [0.1, 0.15) is 11.7 Å². The van der Waals surface area contributed by atoms with Gasteiger partial charge < -0.3 is 44.5 Å². The molecule has 3 fully saturated rings. The topological polar surface area (TPSA) is 138 Å². The largest absolute Gasteiger partial charge is 0.393 e. The van der Waals surface area contributed by atoms with Gasteiger partial charge in [-0.05, 0) is 31.1 Å². The van der Waals surface area contributed by atoms with Crippen LogP contribution in [0.2, 0.25) is 0 Å². The molecule has 0 aromatic heterocycles. The van der Waals surface area contributed by atoms with Crippen molar-refractivity contribution in [1.29, 1.82) is 0 Å². The van der Waals surface area contributed by atoms with Gasteiger partial charge in [-0.25, -0.2) is 0 Å². The molecule has 0 radical (unpaired) electrons. The van der Waals surface area contributed by atoms with E-state index in [0.29, 0.717) is 13.0 Å². The molecule has 3 saturated carbocycles. The molecular formula is C23H42O9. The molecule has 5 N–H and O–H groups in total. The smallest absolute Gasteiger partial charge is 0.120 e. The molecule has 0 aromatic carbocycles. The van der Waals surface area contributed by atoms with E-state index in [-0.39, 0.29) is 42.1 Å². The predicted molar refractivity (Wildman–Crippen MR) is 115 cm³/mol. The van der Waals surface area contributed by atoms with E-state index in [4.69, 9.17) is 18.9 Å². The first kappa shape index (κ1) is 26.2. The lowest BCUT2D eigenvalue weighted by Crippen LogP contribution is -2.57. The minimum Gasteiger partial charge on any atom is -0.393 e. The highest BCUT2D eigenvalue weighted by atomic mass is 16.5. The average Bonchev–Trinajstić information content (AvgIpc) is 2.96. The van der Waals surface area contributed by atoms with Crippen LogP contribution in [0.4, 0.5) is 0 Å². The van der Waals surface area contributed by atoms with Crippen LogP contribution in [0.25, 0.3) is 0 Å². The lowest BCUT2D eigenvalue weighted by atomic mass is 9.61. The standard InChI is InChI=1S/C23H42O9/c1-10-19(26)18-12(8-23(28,21(18)27)22(32-6)11(2)24)16-15(30-4)7-14(25)13(9-29-3)17(16)20(10)31-5/h10-22,24-28H,7-9H2,1-6H3/t10-,11+,12-,13-,14+,15-,16?,17+,18-,19-,20-,21+,22-,23+/m0/s1. The summed E-state index contributed by atoms with van der Waals surface area (Å²) in [6.07, 6.45) is -5.24. The molecule has 0 amide bonds. The lowest BCUT2D eigenvalue weighted by molar-refractivity contribution is -0.190. The summed E-state index contributed by atoms with van der Waals surface area (Å²) < 4.78 is 22.6. The maximum Gasteiger partial charge on any atom is 0.120 e. The van der Waals surface area contributed by atoms with Crippen molar-refractivity contribution in [1.82, 2.24) is 0 Å². The molecule has 9 heteroatoms.